The van der Waals surface area contributed by atoms with E-state index < -0.39 is 10.0 Å². The second-order valence-corrected chi connectivity index (χ2v) is 6.32. The molecule has 0 bridgehead atoms. The number of sulfonamides is 1. The van der Waals surface area contributed by atoms with Gasteiger partial charge in [0.25, 0.3) is 10.0 Å². The maximum Gasteiger partial charge on any atom is 0.263 e. The minimum Gasteiger partial charge on any atom is -0.263 e. The van der Waals surface area contributed by atoms with E-state index in [1.165, 1.54) is 11.3 Å². The molecule has 1 aliphatic heterocycles. The Morgan fingerprint density at radius 1 is 1.33 bits per heavy atom. The van der Waals surface area contributed by atoms with Gasteiger partial charge in [0.1, 0.15) is 10.8 Å². The second kappa shape index (κ2) is 4.18. The minimum absolute atomic E-state index is 0.280. The van der Waals surface area contributed by atoms with Crippen LogP contribution in [0.15, 0.2) is 45.7 Å². The lowest BCUT2D eigenvalue weighted by molar-refractivity contribution is 0.595. The maximum absolute atomic E-state index is 11.8. The van der Waals surface area contributed by atoms with Gasteiger partial charge in [0.05, 0.1) is 11.4 Å². The Hall–Kier alpha value is -1.73. The molecule has 2 aromatic rings. The average Bonchev–Trinajstić information content (AvgIpc) is 2.95. The highest BCUT2D eigenvalue weighted by atomic mass is 32.2. The largest absolute Gasteiger partial charge is 0.263 e. The highest BCUT2D eigenvalue weighted by Crippen LogP contribution is 2.22. The van der Waals surface area contributed by atoms with Gasteiger partial charge in [0, 0.05) is 17.1 Å². The van der Waals surface area contributed by atoms with Crippen LogP contribution in [0.1, 0.15) is 10.6 Å². The Kier molecular flexibility index (Phi) is 2.64. The quantitative estimate of drug-likeness (QED) is 0.902. The van der Waals surface area contributed by atoms with Crippen molar-refractivity contribution >= 4 is 27.2 Å². The molecule has 0 atom stereocenters. The van der Waals surface area contributed by atoms with Crippen molar-refractivity contribution in [1.29, 1.82) is 0 Å². The third-order valence-electron chi connectivity index (χ3n) is 2.52. The molecule has 0 spiro atoms. The molecule has 7 heteroatoms. The molecule has 0 radical (unpaired) electrons. The zero-order valence-corrected chi connectivity index (χ0v) is 10.8. The number of fused-ring (bicyclic) bond motifs is 1. The number of hydrogen-bond donors (Lipinski definition) is 1. The average molecular weight is 279 g/mol. The summed E-state index contributed by atoms with van der Waals surface area (Å²) in [5, 5.41) is 2.72. The Bertz CT molecular complexity index is 706. The second-order valence-electron chi connectivity index (χ2n) is 3.69. The third kappa shape index (κ3) is 1.91. The molecule has 92 valence electrons. The molecule has 5 nitrogen and oxygen atoms in total. The van der Waals surface area contributed by atoms with Crippen LogP contribution in [0.25, 0.3) is 0 Å². The predicted molar refractivity (Wildman–Crippen MR) is 69.1 cm³/mol. The van der Waals surface area contributed by atoms with E-state index in [1.807, 2.05) is 5.38 Å². The van der Waals surface area contributed by atoms with Crippen molar-refractivity contribution in [2.75, 3.05) is 0 Å². The van der Waals surface area contributed by atoms with Crippen LogP contribution in [0, 0.1) is 0 Å². The SMILES string of the molecule is O=S1(=O)NC(=NCc2nccs2)c2ccccc21. The van der Waals surface area contributed by atoms with E-state index in [1.54, 1.807) is 30.5 Å². The molecule has 1 aromatic carbocycles. The van der Waals surface area contributed by atoms with Crippen molar-refractivity contribution < 1.29 is 8.42 Å². The molecule has 0 aliphatic carbocycles. The Labute approximate surface area is 108 Å². The lowest BCUT2D eigenvalue weighted by Crippen LogP contribution is -2.22. The maximum atomic E-state index is 11.8. The van der Waals surface area contributed by atoms with E-state index in [4.69, 9.17) is 0 Å². The van der Waals surface area contributed by atoms with Crippen LogP contribution < -0.4 is 4.72 Å². The summed E-state index contributed by atoms with van der Waals surface area (Å²) in [5.41, 5.74) is 0.619. The summed E-state index contributed by atoms with van der Waals surface area (Å²) in [4.78, 5) is 8.66. The summed E-state index contributed by atoms with van der Waals surface area (Å²) in [7, 11) is -3.44. The van der Waals surface area contributed by atoms with Crippen LogP contribution in [0.4, 0.5) is 0 Å². The molecule has 18 heavy (non-hydrogen) atoms. The van der Waals surface area contributed by atoms with Gasteiger partial charge in [-0.1, -0.05) is 12.1 Å². The highest BCUT2D eigenvalue weighted by molar-refractivity contribution is 7.90. The summed E-state index contributed by atoms with van der Waals surface area (Å²) in [6.07, 6.45) is 1.70. The van der Waals surface area contributed by atoms with E-state index in [0.29, 0.717) is 17.9 Å². The first-order chi connectivity index (χ1) is 8.67. The highest BCUT2D eigenvalue weighted by Gasteiger charge is 2.29. The van der Waals surface area contributed by atoms with Crippen molar-refractivity contribution in [2.24, 2.45) is 4.99 Å². The summed E-state index contributed by atoms with van der Waals surface area (Å²) in [6, 6.07) is 6.80. The van der Waals surface area contributed by atoms with Gasteiger partial charge in [-0.25, -0.2) is 13.4 Å². The van der Waals surface area contributed by atoms with E-state index in [-0.39, 0.29) is 4.90 Å². The Morgan fingerprint density at radius 3 is 2.94 bits per heavy atom. The van der Waals surface area contributed by atoms with Gasteiger partial charge in [-0.3, -0.25) is 9.71 Å². The van der Waals surface area contributed by atoms with Crippen LogP contribution in [0.3, 0.4) is 0 Å². The molecule has 0 fully saturated rings. The van der Waals surface area contributed by atoms with Crippen molar-refractivity contribution in [3.8, 4) is 0 Å². The normalized spacial score (nSPS) is 18.6. The molecule has 2 heterocycles. The van der Waals surface area contributed by atoms with Crippen molar-refractivity contribution in [3.05, 3.63) is 46.4 Å². The molecule has 0 saturated carbocycles. The molecule has 0 saturated heterocycles. The molecular weight excluding hydrogens is 270 g/mol. The number of aromatic nitrogens is 1. The number of hydrogen-bond acceptors (Lipinski definition) is 5. The van der Waals surface area contributed by atoms with Gasteiger partial charge in [-0.2, -0.15) is 0 Å². The lowest BCUT2D eigenvalue weighted by atomic mass is 10.2. The number of nitrogens with one attached hydrogen (secondary N) is 1. The molecule has 1 aliphatic rings. The van der Waals surface area contributed by atoms with Crippen LogP contribution in [-0.2, 0) is 16.6 Å². The fraction of sp³-hybridized carbons (Fsp3) is 0.0909. The van der Waals surface area contributed by atoms with Crippen LogP contribution >= 0.6 is 11.3 Å². The molecule has 0 amide bonds. The van der Waals surface area contributed by atoms with Crippen molar-refractivity contribution in [2.45, 2.75) is 11.4 Å². The minimum atomic E-state index is -3.44. The first kappa shape index (κ1) is 11.4. The van der Waals surface area contributed by atoms with Gasteiger partial charge < -0.3 is 0 Å². The molecule has 3 rings (SSSR count). The number of benzene rings is 1. The monoisotopic (exact) mass is 279 g/mol. The number of rotatable bonds is 2. The molecule has 1 N–H and O–H groups in total. The molecule has 0 unspecified atom stereocenters. The summed E-state index contributed by atoms with van der Waals surface area (Å²) in [5.74, 6) is 0.390. The summed E-state index contributed by atoms with van der Waals surface area (Å²) >= 11 is 1.49. The molecular formula is C11H9N3O2S2. The first-order valence-corrected chi connectivity index (χ1v) is 7.58. The van der Waals surface area contributed by atoms with E-state index in [2.05, 4.69) is 14.7 Å². The fourth-order valence-electron chi connectivity index (χ4n) is 1.73. The lowest BCUT2D eigenvalue weighted by Gasteiger charge is -1.97. The standard InChI is InChI=1S/C11H9N3O2S2/c15-18(16)9-4-2-1-3-8(9)11(14-18)13-7-10-12-5-6-17-10/h1-6H,7H2,(H,13,14). The van der Waals surface area contributed by atoms with Crippen LogP contribution in [0.5, 0.6) is 0 Å². The van der Waals surface area contributed by atoms with E-state index in [9.17, 15) is 8.42 Å². The van der Waals surface area contributed by atoms with Gasteiger partial charge in [-0.15, -0.1) is 11.3 Å². The number of aliphatic imine (C=N–C) groups is 1. The van der Waals surface area contributed by atoms with Gasteiger partial charge in [0.2, 0.25) is 0 Å². The van der Waals surface area contributed by atoms with Crippen LogP contribution in [0.2, 0.25) is 0 Å². The summed E-state index contributed by atoms with van der Waals surface area (Å²) < 4.78 is 26.1. The fourth-order valence-corrected chi connectivity index (χ4v) is 3.52. The number of amidine groups is 1. The van der Waals surface area contributed by atoms with Crippen LogP contribution in [-0.4, -0.2) is 19.2 Å². The topological polar surface area (TPSA) is 71.4 Å². The third-order valence-corrected chi connectivity index (χ3v) is 4.68. The summed E-state index contributed by atoms with van der Waals surface area (Å²) in [6.45, 7) is 0.379. The first-order valence-electron chi connectivity index (χ1n) is 5.22. The number of thiazole rings is 1. The van der Waals surface area contributed by atoms with E-state index >= 15 is 0 Å². The van der Waals surface area contributed by atoms with Gasteiger partial charge in [-0.05, 0) is 12.1 Å². The predicted octanol–water partition coefficient (Wildman–Crippen LogP) is 1.38. The Morgan fingerprint density at radius 2 is 2.17 bits per heavy atom. The zero-order valence-electron chi connectivity index (χ0n) is 9.20. The van der Waals surface area contributed by atoms with Gasteiger partial charge >= 0.3 is 0 Å². The van der Waals surface area contributed by atoms with E-state index in [0.717, 1.165) is 5.01 Å². The smallest absolute Gasteiger partial charge is 0.263 e. The Balaban J connectivity index is 1.99. The molecule has 1 aromatic heterocycles. The zero-order chi connectivity index (χ0) is 12.6. The van der Waals surface area contributed by atoms with Gasteiger partial charge in [0.15, 0.2) is 0 Å². The van der Waals surface area contributed by atoms with Crippen molar-refractivity contribution in [1.82, 2.24) is 9.71 Å². The number of nitrogens with zero attached hydrogens (tertiary/aromatic N) is 2. The van der Waals surface area contributed by atoms with Crippen molar-refractivity contribution in [3.63, 3.8) is 0 Å².